The predicted octanol–water partition coefficient (Wildman–Crippen LogP) is 0.367. The van der Waals surface area contributed by atoms with Gasteiger partial charge in [0.25, 0.3) is 0 Å². The minimum Gasteiger partial charge on any atom is -0.395 e. The maximum absolute atomic E-state index is 11.8. The number of hydrogen-bond acceptors (Lipinski definition) is 3. The van der Waals surface area contributed by atoms with Crippen molar-refractivity contribution in [3.05, 3.63) is 12.7 Å². The van der Waals surface area contributed by atoms with Gasteiger partial charge in [0.15, 0.2) is 0 Å². The van der Waals surface area contributed by atoms with Gasteiger partial charge in [0.2, 0.25) is 5.91 Å². The fourth-order valence-electron chi connectivity index (χ4n) is 1.41. The van der Waals surface area contributed by atoms with E-state index in [4.69, 9.17) is 10.8 Å². The van der Waals surface area contributed by atoms with Gasteiger partial charge in [0.1, 0.15) is 0 Å². The van der Waals surface area contributed by atoms with Crippen molar-refractivity contribution < 1.29 is 9.90 Å². The van der Waals surface area contributed by atoms with Crippen LogP contribution in [0.15, 0.2) is 12.7 Å². The number of aliphatic hydroxyl groups excluding tert-OH is 1. The van der Waals surface area contributed by atoms with Crippen molar-refractivity contribution in [2.45, 2.75) is 26.3 Å². The van der Waals surface area contributed by atoms with Crippen molar-refractivity contribution in [1.82, 2.24) is 4.90 Å². The van der Waals surface area contributed by atoms with E-state index in [-0.39, 0.29) is 12.5 Å². The van der Waals surface area contributed by atoms with Crippen molar-refractivity contribution in [2.24, 2.45) is 11.7 Å². The molecule has 0 aliphatic heterocycles. The van der Waals surface area contributed by atoms with E-state index in [9.17, 15) is 4.79 Å². The van der Waals surface area contributed by atoms with E-state index < -0.39 is 6.04 Å². The quantitative estimate of drug-likeness (QED) is 0.602. The molecular formula is C11H22N2O2. The molecule has 15 heavy (non-hydrogen) atoms. The molecule has 0 aromatic heterocycles. The molecule has 3 N–H and O–H groups in total. The van der Waals surface area contributed by atoms with Crippen molar-refractivity contribution in [3.8, 4) is 0 Å². The molecule has 4 heteroatoms. The second kappa shape index (κ2) is 7.43. The minimum atomic E-state index is -0.475. The van der Waals surface area contributed by atoms with E-state index >= 15 is 0 Å². The highest BCUT2D eigenvalue weighted by atomic mass is 16.3. The van der Waals surface area contributed by atoms with E-state index in [2.05, 4.69) is 6.58 Å². The van der Waals surface area contributed by atoms with Crippen molar-refractivity contribution in [3.63, 3.8) is 0 Å². The Morgan fingerprint density at radius 2 is 2.20 bits per heavy atom. The van der Waals surface area contributed by atoms with E-state index in [1.807, 2.05) is 13.8 Å². The van der Waals surface area contributed by atoms with Crippen LogP contribution in [0.1, 0.15) is 20.3 Å². The molecule has 0 aliphatic rings. The Morgan fingerprint density at radius 1 is 1.60 bits per heavy atom. The van der Waals surface area contributed by atoms with Crippen molar-refractivity contribution >= 4 is 5.91 Å². The number of carbonyl (C=O) groups is 1. The van der Waals surface area contributed by atoms with E-state index in [0.29, 0.717) is 25.4 Å². The van der Waals surface area contributed by atoms with Gasteiger partial charge in [-0.25, -0.2) is 0 Å². The zero-order chi connectivity index (χ0) is 11.8. The van der Waals surface area contributed by atoms with Crippen molar-refractivity contribution in [2.75, 3.05) is 19.7 Å². The van der Waals surface area contributed by atoms with Crippen LogP contribution < -0.4 is 5.73 Å². The third-order valence-corrected chi connectivity index (χ3v) is 2.07. The largest absolute Gasteiger partial charge is 0.395 e. The Bertz CT molecular complexity index is 205. The van der Waals surface area contributed by atoms with Crippen molar-refractivity contribution in [1.29, 1.82) is 0 Å². The van der Waals surface area contributed by atoms with E-state index in [1.165, 1.54) is 4.90 Å². The second-order valence-electron chi connectivity index (χ2n) is 4.03. The topological polar surface area (TPSA) is 66.6 Å². The van der Waals surface area contributed by atoms with Crippen LogP contribution in [-0.4, -0.2) is 41.7 Å². The van der Waals surface area contributed by atoms with Crippen LogP contribution in [0.4, 0.5) is 0 Å². The third kappa shape index (κ3) is 5.54. The Morgan fingerprint density at radius 3 is 2.60 bits per heavy atom. The number of rotatable bonds is 7. The SMILES string of the molecule is C=CCN(CCO)C(=O)[C@H](N)CC(C)C. The maximum atomic E-state index is 11.8. The molecule has 0 heterocycles. The summed E-state index contributed by atoms with van der Waals surface area (Å²) in [6.07, 6.45) is 2.30. The van der Waals surface area contributed by atoms with Crippen LogP contribution in [0.25, 0.3) is 0 Å². The molecule has 1 amide bonds. The van der Waals surface area contributed by atoms with Crippen LogP contribution >= 0.6 is 0 Å². The summed E-state index contributed by atoms with van der Waals surface area (Å²) in [6, 6.07) is -0.475. The Balaban J connectivity index is 4.27. The Kier molecular flexibility index (Phi) is 6.99. The molecule has 0 radical (unpaired) electrons. The van der Waals surface area contributed by atoms with E-state index in [0.717, 1.165) is 0 Å². The lowest BCUT2D eigenvalue weighted by Gasteiger charge is -2.24. The van der Waals surface area contributed by atoms with Gasteiger partial charge in [-0.3, -0.25) is 4.79 Å². The highest BCUT2D eigenvalue weighted by Gasteiger charge is 2.20. The third-order valence-electron chi connectivity index (χ3n) is 2.07. The van der Waals surface area contributed by atoms with Gasteiger partial charge in [0, 0.05) is 13.1 Å². The molecule has 0 fully saturated rings. The molecule has 0 spiro atoms. The standard InChI is InChI=1S/C11H22N2O2/c1-4-5-13(6-7-14)11(15)10(12)8-9(2)3/h4,9-10,14H,1,5-8,12H2,2-3H3/t10-/m1/s1. The summed E-state index contributed by atoms with van der Waals surface area (Å²) in [4.78, 5) is 13.3. The molecule has 1 atom stereocenters. The fraction of sp³-hybridized carbons (Fsp3) is 0.727. The van der Waals surface area contributed by atoms with Gasteiger partial charge in [-0.2, -0.15) is 0 Å². The first-order chi connectivity index (χ1) is 7.02. The number of nitrogens with two attached hydrogens (primary N) is 1. The van der Waals surface area contributed by atoms with Crippen LogP contribution in [-0.2, 0) is 4.79 Å². The molecule has 4 nitrogen and oxygen atoms in total. The van der Waals surface area contributed by atoms with Gasteiger partial charge >= 0.3 is 0 Å². The molecule has 0 unspecified atom stereocenters. The molecule has 88 valence electrons. The summed E-state index contributed by atoms with van der Waals surface area (Å²) < 4.78 is 0. The van der Waals surface area contributed by atoms with Crippen LogP contribution in [0.5, 0.6) is 0 Å². The number of nitrogens with zero attached hydrogens (tertiary/aromatic N) is 1. The summed E-state index contributed by atoms with van der Waals surface area (Å²) >= 11 is 0. The summed E-state index contributed by atoms with van der Waals surface area (Å²) in [5.74, 6) is 0.279. The van der Waals surface area contributed by atoms with Gasteiger partial charge in [-0.05, 0) is 12.3 Å². The average Bonchev–Trinajstić information content (AvgIpc) is 2.15. The van der Waals surface area contributed by atoms with Crippen LogP contribution in [0, 0.1) is 5.92 Å². The second-order valence-corrected chi connectivity index (χ2v) is 4.03. The number of amides is 1. The molecule has 0 saturated heterocycles. The first kappa shape index (κ1) is 14.1. The zero-order valence-corrected chi connectivity index (χ0v) is 9.65. The highest BCUT2D eigenvalue weighted by molar-refractivity contribution is 5.81. The maximum Gasteiger partial charge on any atom is 0.239 e. The summed E-state index contributed by atoms with van der Waals surface area (Å²) in [5, 5.41) is 8.81. The van der Waals surface area contributed by atoms with Gasteiger partial charge in [-0.1, -0.05) is 19.9 Å². The Labute approximate surface area is 91.8 Å². The molecule has 0 saturated carbocycles. The number of aliphatic hydroxyl groups is 1. The average molecular weight is 214 g/mol. The summed E-state index contributed by atoms with van der Waals surface area (Å²) in [6.45, 7) is 8.32. The Hall–Kier alpha value is -0.870. The summed E-state index contributed by atoms with van der Waals surface area (Å²) in [5.41, 5.74) is 5.77. The molecule has 0 aromatic rings. The lowest BCUT2D eigenvalue weighted by Crippen LogP contribution is -2.45. The van der Waals surface area contributed by atoms with E-state index in [1.54, 1.807) is 6.08 Å². The lowest BCUT2D eigenvalue weighted by molar-refractivity contribution is -0.132. The monoisotopic (exact) mass is 214 g/mol. The molecular weight excluding hydrogens is 192 g/mol. The fourth-order valence-corrected chi connectivity index (χ4v) is 1.41. The van der Waals surface area contributed by atoms with Gasteiger partial charge in [-0.15, -0.1) is 6.58 Å². The number of carbonyl (C=O) groups excluding carboxylic acids is 1. The highest BCUT2D eigenvalue weighted by Crippen LogP contribution is 2.05. The van der Waals surface area contributed by atoms with Crippen LogP contribution in [0.2, 0.25) is 0 Å². The molecule has 0 rings (SSSR count). The summed E-state index contributed by atoms with van der Waals surface area (Å²) in [7, 11) is 0. The minimum absolute atomic E-state index is 0.0476. The van der Waals surface area contributed by atoms with Crippen LogP contribution in [0.3, 0.4) is 0 Å². The molecule has 0 aliphatic carbocycles. The van der Waals surface area contributed by atoms with Gasteiger partial charge < -0.3 is 15.7 Å². The zero-order valence-electron chi connectivity index (χ0n) is 9.65. The molecule has 0 aromatic carbocycles. The number of hydrogen-bond donors (Lipinski definition) is 2. The normalized spacial score (nSPS) is 12.6. The predicted molar refractivity (Wildman–Crippen MR) is 61.3 cm³/mol. The smallest absolute Gasteiger partial charge is 0.239 e. The first-order valence-corrected chi connectivity index (χ1v) is 5.29. The lowest BCUT2D eigenvalue weighted by atomic mass is 10.0. The van der Waals surface area contributed by atoms with Gasteiger partial charge in [0.05, 0.1) is 12.6 Å². The first-order valence-electron chi connectivity index (χ1n) is 5.29. The molecule has 0 bridgehead atoms.